The molecule has 3 nitrogen and oxygen atoms in total. The molecule has 0 aliphatic carbocycles. The van der Waals surface area contributed by atoms with E-state index < -0.39 is 34.7 Å². The molecule has 0 radical (unpaired) electrons. The molecular weight excluding hydrogens is 468 g/mol. The molecule has 0 saturated carbocycles. The Morgan fingerprint density at radius 2 is 0.909 bits per heavy atom. The summed E-state index contributed by atoms with van der Waals surface area (Å²) < 4.78 is 66.2. The van der Waals surface area contributed by atoms with E-state index in [0.29, 0.717) is 12.1 Å². The number of hydrogen-bond donors (Lipinski definition) is 1. The fraction of sp³-hybridized carbons (Fsp3) is 0.0400. The van der Waals surface area contributed by atoms with Crippen molar-refractivity contribution in [1.82, 2.24) is 0 Å². The molecule has 170 valence electrons. The second-order valence-corrected chi connectivity index (χ2v) is 10.4. The van der Waals surface area contributed by atoms with Crippen LogP contribution in [0.25, 0.3) is 0 Å². The van der Waals surface area contributed by atoms with Crippen LogP contribution >= 0.6 is 7.92 Å². The smallest absolute Gasteiger partial charge is 0.282 e. The van der Waals surface area contributed by atoms with E-state index in [2.05, 4.69) is 91.0 Å². The van der Waals surface area contributed by atoms with Crippen molar-refractivity contribution in [2.24, 2.45) is 0 Å². The number of rotatable bonds is 4. The van der Waals surface area contributed by atoms with Crippen LogP contribution in [0.5, 0.6) is 0 Å². The van der Waals surface area contributed by atoms with E-state index in [1.807, 2.05) is 0 Å². The van der Waals surface area contributed by atoms with Gasteiger partial charge in [-0.3, -0.25) is 4.55 Å². The van der Waals surface area contributed by atoms with Gasteiger partial charge in [-0.2, -0.15) is 21.6 Å². The zero-order valence-electron chi connectivity index (χ0n) is 17.2. The summed E-state index contributed by atoms with van der Waals surface area (Å²) in [5, 5.41) is 4.19. The van der Waals surface area contributed by atoms with Gasteiger partial charge < -0.3 is 0 Å². The number of alkyl halides is 3. The number of hydrogen-bond acceptors (Lipinski definition) is 2. The van der Waals surface area contributed by atoms with Gasteiger partial charge >= 0.3 is 6.18 Å². The highest BCUT2D eigenvalue weighted by Gasteiger charge is 2.36. The minimum absolute atomic E-state index is 0.446. The summed E-state index contributed by atoms with van der Waals surface area (Å²) in [5.74, 6) is 0. The van der Waals surface area contributed by atoms with Gasteiger partial charge in [-0.1, -0.05) is 103 Å². The van der Waals surface area contributed by atoms with E-state index in [1.54, 1.807) is 0 Å². The van der Waals surface area contributed by atoms with Crippen molar-refractivity contribution in [3.63, 3.8) is 0 Å². The van der Waals surface area contributed by atoms with Crippen molar-refractivity contribution in [2.45, 2.75) is 11.1 Å². The second-order valence-electron chi connectivity index (χ2n) is 6.81. The van der Waals surface area contributed by atoms with Gasteiger partial charge in [-0.25, -0.2) is 0 Å². The molecule has 4 aromatic rings. The van der Waals surface area contributed by atoms with Crippen LogP contribution in [-0.4, -0.2) is 13.0 Å². The molecule has 0 aromatic heterocycles. The summed E-state index contributed by atoms with van der Waals surface area (Å²) in [6.45, 7) is 0. The Morgan fingerprint density at radius 3 is 1.21 bits per heavy atom. The first-order valence-corrected chi connectivity index (χ1v) is 12.5. The minimum Gasteiger partial charge on any atom is -0.282 e. The van der Waals surface area contributed by atoms with Crippen molar-refractivity contribution in [1.29, 1.82) is 0 Å². The minimum atomic E-state index is -4.84. The quantitative estimate of drug-likeness (QED) is 0.309. The normalized spacial score (nSPS) is 11.5. The van der Waals surface area contributed by atoms with Crippen LogP contribution in [0.1, 0.15) is 5.56 Å². The Kier molecular flexibility index (Phi) is 8.03. The molecule has 0 fully saturated rings. The summed E-state index contributed by atoms with van der Waals surface area (Å²) in [4.78, 5) is -1.13. The summed E-state index contributed by atoms with van der Waals surface area (Å²) in [6.07, 6.45) is -4.80. The highest BCUT2D eigenvalue weighted by atomic mass is 32.2. The zero-order valence-corrected chi connectivity index (χ0v) is 18.9. The first-order chi connectivity index (χ1) is 15.7. The van der Waals surface area contributed by atoms with Crippen molar-refractivity contribution in [2.75, 3.05) is 0 Å². The SMILES string of the molecule is O=S(=O)(O)c1ccccc1C(F)(F)F.c1ccc(P(c2ccccc2)c2ccccc2)cc1. The Bertz CT molecular complexity index is 1170. The molecule has 0 atom stereocenters. The zero-order chi connectivity index (χ0) is 23.9. The van der Waals surface area contributed by atoms with Crippen molar-refractivity contribution in [3.8, 4) is 0 Å². The Labute approximate surface area is 192 Å². The average Bonchev–Trinajstić information content (AvgIpc) is 2.81. The van der Waals surface area contributed by atoms with Gasteiger partial charge in [0.1, 0.15) is 4.90 Å². The standard InChI is InChI=1S/C18H15P.C7H5F3O3S/c1-4-10-16(11-5-1)19(17-12-6-2-7-13-17)18-14-8-3-9-15-18;8-7(9,10)5-3-1-2-4-6(5)14(11,12)13/h1-15H;1-4H,(H,11,12,13). The predicted molar refractivity (Wildman–Crippen MR) is 126 cm³/mol. The van der Waals surface area contributed by atoms with Crippen LogP contribution in [-0.2, 0) is 16.3 Å². The second kappa shape index (κ2) is 10.8. The fourth-order valence-corrected chi connectivity index (χ4v) is 6.12. The van der Waals surface area contributed by atoms with Gasteiger partial charge in [0.2, 0.25) is 0 Å². The van der Waals surface area contributed by atoms with E-state index in [4.69, 9.17) is 4.55 Å². The third kappa shape index (κ3) is 6.75. The first kappa shape index (κ1) is 24.6. The summed E-state index contributed by atoms with van der Waals surface area (Å²) in [5.41, 5.74) is -1.37. The number of halogens is 3. The molecule has 0 bridgehead atoms. The molecule has 0 aliphatic heterocycles. The summed E-state index contributed by atoms with van der Waals surface area (Å²) in [6, 6.07) is 35.7. The largest absolute Gasteiger partial charge is 0.417 e. The van der Waals surface area contributed by atoms with Gasteiger partial charge in [-0.15, -0.1) is 0 Å². The Hall–Kier alpha value is -2.99. The van der Waals surface area contributed by atoms with Crippen LogP contribution in [0, 0.1) is 0 Å². The van der Waals surface area contributed by atoms with Gasteiger partial charge in [0, 0.05) is 0 Å². The molecule has 1 N–H and O–H groups in total. The van der Waals surface area contributed by atoms with Gasteiger partial charge in [0.15, 0.2) is 0 Å². The van der Waals surface area contributed by atoms with E-state index in [9.17, 15) is 21.6 Å². The number of benzene rings is 4. The molecule has 0 unspecified atom stereocenters. The molecular formula is C25H20F3O3PS. The van der Waals surface area contributed by atoms with Crippen molar-refractivity contribution < 1.29 is 26.1 Å². The topological polar surface area (TPSA) is 54.4 Å². The van der Waals surface area contributed by atoms with E-state index >= 15 is 0 Å². The van der Waals surface area contributed by atoms with Crippen LogP contribution < -0.4 is 15.9 Å². The lowest BCUT2D eigenvalue weighted by molar-refractivity contribution is -0.140. The lowest BCUT2D eigenvalue weighted by Gasteiger charge is -2.18. The highest BCUT2D eigenvalue weighted by Crippen LogP contribution is 2.34. The van der Waals surface area contributed by atoms with E-state index in [-0.39, 0.29) is 0 Å². The van der Waals surface area contributed by atoms with Crippen LogP contribution in [0.3, 0.4) is 0 Å². The Balaban J connectivity index is 0.000000196. The molecule has 0 aliphatic rings. The van der Waals surface area contributed by atoms with Crippen LogP contribution in [0.4, 0.5) is 13.2 Å². The third-order valence-corrected chi connectivity index (χ3v) is 7.87. The monoisotopic (exact) mass is 488 g/mol. The van der Waals surface area contributed by atoms with E-state index in [1.165, 1.54) is 15.9 Å². The average molecular weight is 488 g/mol. The fourth-order valence-electron chi connectivity index (χ4n) is 3.10. The maximum Gasteiger partial charge on any atom is 0.417 e. The highest BCUT2D eigenvalue weighted by molar-refractivity contribution is 7.85. The Morgan fingerprint density at radius 1 is 0.576 bits per heavy atom. The summed E-state index contributed by atoms with van der Waals surface area (Å²) in [7, 11) is -5.28. The van der Waals surface area contributed by atoms with Crippen LogP contribution in [0.15, 0.2) is 120 Å². The van der Waals surface area contributed by atoms with E-state index in [0.717, 1.165) is 12.1 Å². The lowest BCUT2D eigenvalue weighted by atomic mass is 10.2. The molecule has 8 heteroatoms. The van der Waals surface area contributed by atoms with Gasteiger partial charge in [-0.05, 0) is 36.0 Å². The molecule has 4 rings (SSSR count). The summed E-state index contributed by atoms with van der Waals surface area (Å²) >= 11 is 0. The maximum atomic E-state index is 12.2. The molecule has 0 saturated heterocycles. The molecule has 4 aromatic carbocycles. The third-order valence-electron chi connectivity index (χ3n) is 4.51. The van der Waals surface area contributed by atoms with Gasteiger partial charge in [0.25, 0.3) is 10.1 Å². The first-order valence-electron chi connectivity index (χ1n) is 9.77. The molecule has 33 heavy (non-hydrogen) atoms. The maximum absolute atomic E-state index is 12.2. The van der Waals surface area contributed by atoms with Crippen molar-refractivity contribution in [3.05, 3.63) is 121 Å². The van der Waals surface area contributed by atoms with Crippen molar-refractivity contribution >= 4 is 34.0 Å². The van der Waals surface area contributed by atoms with Gasteiger partial charge in [0.05, 0.1) is 5.56 Å². The molecule has 0 spiro atoms. The molecule has 0 heterocycles. The lowest BCUT2D eigenvalue weighted by Crippen LogP contribution is -2.20. The van der Waals surface area contributed by atoms with Crippen LogP contribution in [0.2, 0.25) is 0 Å². The predicted octanol–water partition coefficient (Wildman–Crippen LogP) is 5.40. The molecule has 0 amide bonds.